The molecule has 0 spiro atoms. The second-order valence-electron chi connectivity index (χ2n) is 6.95. The van der Waals surface area contributed by atoms with Gasteiger partial charge in [0.15, 0.2) is 0 Å². The number of nitrogens with zero attached hydrogens (tertiary/aromatic N) is 3. The molecule has 1 aliphatic heterocycles. The van der Waals surface area contributed by atoms with Crippen LogP contribution in [0.15, 0.2) is 36.7 Å². The third-order valence-electron chi connectivity index (χ3n) is 4.70. The highest BCUT2D eigenvalue weighted by Crippen LogP contribution is 2.27. The summed E-state index contributed by atoms with van der Waals surface area (Å²) >= 11 is 0. The molecule has 2 heterocycles. The normalized spacial score (nSPS) is 14.8. The topological polar surface area (TPSA) is 64.0 Å². The first-order valence-electron chi connectivity index (χ1n) is 9.27. The standard InChI is InChI=1S/C20H20F3N5O.2H2/c1-12-6-16(25-15-2-4-29-5-3-15)10-18(19(12)23)26-20-24-11-28(27-20)17-8-13(21)7-14(22)9-17;;/h6-11,15,25H,2-5H2,1H3,(H,26,27);2*1H. The van der Waals surface area contributed by atoms with E-state index in [1.807, 2.05) is 0 Å². The van der Waals surface area contributed by atoms with Crippen LogP contribution in [-0.2, 0) is 4.74 Å². The Morgan fingerprint density at radius 2 is 1.79 bits per heavy atom. The fraction of sp³-hybridized carbons (Fsp3) is 0.300. The first kappa shape index (κ1) is 19.3. The van der Waals surface area contributed by atoms with Gasteiger partial charge >= 0.3 is 0 Å². The van der Waals surface area contributed by atoms with E-state index in [4.69, 9.17) is 4.74 Å². The largest absolute Gasteiger partial charge is 0.382 e. The molecule has 0 saturated carbocycles. The number of hydrogen-bond acceptors (Lipinski definition) is 5. The van der Waals surface area contributed by atoms with Gasteiger partial charge in [-0.1, -0.05) is 0 Å². The van der Waals surface area contributed by atoms with Crippen molar-refractivity contribution < 1.29 is 20.8 Å². The number of aryl methyl sites for hydroxylation is 1. The van der Waals surface area contributed by atoms with Crippen LogP contribution in [0, 0.1) is 24.4 Å². The maximum atomic E-state index is 14.6. The molecule has 3 aromatic rings. The van der Waals surface area contributed by atoms with Crippen LogP contribution in [0.25, 0.3) is 5.69 Å². The lowest BCUT2D eigenvalue weighted by Crippen LogP contribution is -2.27. The molecule has 0 amide bonds. The van der Waals surface area contributed by atoms with Crippen LogP contribution in [0.4, 0.5) is 30.5 Å². The molecule has 0 aliphatic carbocycles. The number of ether oxygens (including phenoxy) is 1. The summed E-state index contributed by atoms with van der Waals surface area (Å²) in [6.07, 6.45) is 3.07. The lowest BCUT2D eigenvalue weighted by Gasteiger charge is -2.24. The van der Waals surface area contributed by atoms with E-state index < -0.39 is 17.5 Å². The molecule has 6 nitrogen and oxygen atoms in total. The molecule has 1 fully saturated rings. The summed E-state index contributed by atoms with van der Waals surface area (Å²) in [5.41, 5.74) is 1.64. The van der Waals surface area contributed by atoms with Gasteiger partial charge in [-0.2, -0.15) is 4.98 Å². The zero-order chi connectivity index (χ0) is 20.4. The Bertz CT molecular complexity index is 1010. The van der Waals surface area contributed by atoms with E-state index in [-0.39, 0.29) is 26.2 Å². The Balaban J connectivity index is 0.00000171. The number of rotatable bonds is 5. The molecule has 0 bridgehead atoms. The smallest absolute Gasteiger partial charge is 0.247 e. The highest BCUT2D eigenvalue weighted by molar-refractivity contribution is 5.64. The zero-order valence-electron chi connectivity index (χ0n) is 15.8. The maximum Gasteiger partial charge on any atom is 0.247 e. The van der Waals surface area contributed by atoms with Gasteiger partial charge in [0, 0.05) is 33.9 Å². The quantitative estimate of drug-likeness (QED) is 0.635. The van der Waals surface area contributed by atoms with E-state index in [2.05, 4.69) is 20.7 Å². The molecule has 1 saturated heterocycles. The lowest BCUT2D eigenvalue weighted by atomic mass is 10.1. The fourth-order valence-corrected chi connectivity index (χ4v) is 3.26. The van der Waals surface area contributed by atoms with Gasteiger partial charge in [-0.05, 0) is 49.6 Å². The molecule has 2 aromatic carbocycles. The van der Waals surface area contributed by atoms with Crippen molar-refractivity contribution in [1.82, 2.24) is 14.8 Å². The first-order valence-corrected chi connectivity index (χ1v) is 9.27. The monoisotopic (exact) mass is 407 g/mol. The van der Waals surface area contributed by atoms with Gasteiger partial charge in [0.25, 0.3) is 0 Å². The molecule has 156 valence electrons. The molecule has 1 aromatic heterocycles. The molecule has 0 unspecified atom stereocenters. The van der Waals surface area contributed by atoms with E-state index in [1.54, 1.807) is 19.1 Å². The molecule has 4 rings (SSSR count). The SMILES string of the molecule is Cc1cc(NC2CCOCC2)cc(Nc2ncn(-c3cc(F)cc(F)c3)n2)c1F.[HH].[HH]. The van der Waals surface area contributed by atoms with Crippen LogP contribution in [0.2, 0.25) is 0 Å². The van der Waals surface area contributed by atoms with Crippen LogP contribution in [-0.4, -0.2) is 34.0 Å². The van der Waals surface area contributed by atoms with Crippen molar-refractivity contribution >= 4 is 17.3 Å². The van der Waals surface area contributed by atoms with Crippen molar-refractivity contribution in [2.45, 2.75) is 25.8 Å². The third kappa shape index (κ3) is 4.51. The second kappa shape index (κ2) is 8.12. The van der Waals surface area contributed by atoms with E-state index in [0.29, 0.717) is 18.8 Å². The van der Waals surface area contributed by atoms with Gasteiger partial charge < -0.3 is 15.4 Å². The number of aromatic nitrogens is 3. The predicted octanol–water partition coefficient (Wildman–Crippen LogP) is 4.82. The minimum atomic E-state index is -0.724. The molecule has 0 atom stereocenters. The van der Waals surface area contributed by atoms with Crippen molar-refractivity contribution in [2.75, 3.05) is 23.8 Å². The lowest BCUT2D eigenvalue weighted by molar-refractivity contribution is 0.0904. The van der Waals surface area contributed by atoms with Crippen molar-refractivity contribution in [1.29, 1.82) is 0 Å². The van der Waals surface area contributed by atoms with Crippen molar-refractivity contribution in [2.24, 2.45) is 0 Å². The Kier molecular flexibility index (Phi) is 5.39. The first-order chi connectivity index (χ1) is 14.0. The molecular weight excluding hydrogens is 383 g/mol. The van der Waals surface area contributed by atoms with E-state index in [0.717, 1.165) is 36.7 Å². The van der Waals surface area contributed by atoms with Gasteiger partial charge in [0.1, 0.15) is 23.8 Å². The maximum absolute atomic E-state index is 14.6. The Morgan fingerprint density at radius 1 is 1.07 bits per heavy atom. The summed E-state index contributed by atoms with van der Waals surface area (Å²) in [6, 6.07) is 6.70. The van der Waals surface area contributed by atoms with Crippen LogP contribution < -0.4 is 10.6 Å². The van der Waals surface area contributed by atoms with E-state index in [9.17, 15) is 13.2 Å². The number of hydrogen-bond donors (Lipinski definition) is 2. The highest BCUT2D eigenvalue weighted by Gasteiger charge is 2.16. The van der Waals surface area contributed by atoms with Crippen LogP contribution >= 0.6 is 0 Å². The fourth-order valence-electron chi connectivity index (χ4n) is 3.26. The molecule has 1 aliphatic rings. The summed E-state index contributed by atoms with van der Waals surface area (Å²) in [6.45, 7) is 3.08. The molecule has 29 heavy (non-hydrogen) atoms. The predicted molar refractivity (Wildman–Crippen MR) is 107 cm³/mol. The van der Waals surface area contributed by atoms with Gasteiger partial charge in [-0.25, -0.2) is 17.9 Å². The number of halogens is 3. The Labute approximate surface area is 168 Å². The van der Waals surface area contributed by atoms with Gasteiger partial charge in [-0.15, -0.1) is 5.10 Å². The zero-order valence-corrected chi connectivity index (χ0v) is 15.8. The summed E-state index contributed by atoms with van der Waals surface area (Å²) < 4.78 is 48.0. The Morgan fingerprint density at radius 3 is 2.52 bits per heavy atom. The number of nitrogens with one attached hydrogen (secondary N) is 2. The molecule has 0 radical (unpaired) electrons. The molecule has 9 heteroatoms. The van der Waals surface area contributed by atoms with Crippen molar-refractivity contribution in [3.8, 4) is 5.69 Å². The molecule has 2 N–H and O–H groups in total. The third-order valence-corrected chi connectivity index (χ3v) is 4.70. The average Bonchev–Trinajstić information content (AvgIpc) is 3.14. The van der Waals surface area contributed by atoms with Crippen molar-refractivity contribution in [3.05, 3.63) is 59.7 Å². The van der Waals surface area contributed by atoms with Crippen LogP contribution in [0.3, 0.4) is 0 Å². The summed E-state index contributed by atoms with van der Waals surface area (Å²) in [7, 11) is 0. The van der Waals surface area contributed by atoms with Gasteiger partial charge in [0.2, 0.25) is 5.95 Å². The minimum absolute atomic E-state index is 0. The highest BCUT2D eigenvalue weighted by atomic mass is 19.1. The summed E-state index contributed by atoms with van der Waals surface area (Å²) in [5.74, 6) is -1.76. The van der Waals surface area contributed by atoms with Crippen LogP contribution in [0.5, 0.6) is 0 Å². The molecular formula is C20H24F3N5O. The van der Waals surface area contributed by atoms with Gasteiger partial charge in [-0.3, -0.25) is 0 Å². The Hall–Kier alpha value is -3.07. The summed E-state index contributed by atoms with van der Waals surface area (Å²) in [5, 5.41) is 10.4. The minimum Gasteiger partial charge on any atom is -0.382 e. The van der Waals surface area contributed by atoms with Crippen molar-refractivity contribution in [3.63, 3.8) is 0 Å². The van der Waals surface area contributed by atoms with E-state index >= 15 is 0 Å². The second-order valence-corrected chi connectivity index (χ2v) is 6.95. The number of anilines is 3. The van der Waals surface area contributed by atoms with Gasteiger partial charge in [0.05, 0.1) is 11.4 Å². The average molecular weight is 407 g/mol. The summed E-state index contributed by atoms with van der Waals surface area (Å²) in [4.78, 5) is 4.06. The van der Waals surface area contributed by atoms with Crippen LogP contribution in [0.1, 0.15) is 21.3 Å². The van der Waals surface area contributed by atoms with E-state index in [1.165, 1.54) is 11.0 Å². The number of benzene rings is 2.